The van der Waals surface area contributed by atoms with E-state index in [1.165, 1.54) is 11.1 Å². The molecule has 3 aliphatic rings. The molecule has 0 amide bonds. The molecule has 1 aromatic carbocycles. The van der Waals surface area contributed by atoms with E-state index in [9.17, 15) is 9.90 Å². The van der Waals surface area contributed by atoms with Crippen molar-refractivity contribution < 1.29 is 9.90 Å². The second-order valence-electron chi connectivity index (χ2n) is 8.74. The molecule has 1 aromatic heterocycles. The van der Waals surface area contributed by atoms with E-state index in [1.807, 2.05) is 24.3 Å². The number of benzene rings is 1. The number of carbonyl (C=O) groups is 1. The zero-order chi connectivity index (χ0) is 18.6. The number of phenolic OH excluding ortho intramolecular Hbond substituents is 1. The summed E-state index contributed by atoms with van der Waals surface area (Å²) < 4.78 is 0. The smallest absolute Gasteiger partial charge is 0.165 e. The summed E-state index contributed by atoms with van der Waals surface area (Å²) in [6, 6.07) is 9.82. The van der Waals surface area contributed by atoms with E-state index in [1.54, 1.807) is 12.4 Å². The largest absolute Gasteiger partial charge is 0.508 e. The number of aromatic hydroxyl groups is 1. The molecule has 3 aliphatic carbocycles. The molecule has 0 bridgehead atoms. The minimum Gasteiger partial charge on any atom is -0.508 e. The Hall–Kier alpha value is -2.42. The number of Topliss-reactive ketones (excluding diaryl/α,β-unsaturated/α-hetero) is 1. The van der Waals surface area contributed by atoms with Gasteiger partial charge in [0.25, 0.3) is 0 Å². The van der Waals surface area contributed by atoms with Crippen molar-refractivity contribution in [2.75, 3.05) is 0 Å². The van der Waals surface area contributed by atoms with Crippen LogP contribution in [0.3, 0.4) is 0 Å². The monoisotopic (exact) mass is 359 g/mol. The normalized spacial score (nSPS) is 33.4. The van der Waals surface area contributed by atoms with Gasteiger partial charge in [-0.15, -0.1) is 0 Å². The molecule has 2 aromatic rings. The number of aromatic nitrogens is 1. The Kier molecular flexibility index (Phi) is 3.75. The third-order valence-corrected chi connectivity index (χ3v) is 7.40. The van der Waals surface area contributed by atoms with E-state index in [4.69, 9.17) is 0 Å². The highest BCUT2D eigenvalue weighted by Gasteiger charge is 2.56. The second-order valence-corrected chi connectivity index (χ2v) is 8.74. The summed E-state index contributed by atoms with van der Waals surface area (Å²) in [6.07, 6.45) is 10.7. The number of pyridine rings is 1. The Labute approximate surface area is 160 Å². The summed E-state index contributed by atoms with van der Waals surface area (Å²) in [4.78, 5) is 17.4. The number of rotatable bonds is 1. The molecule has 0 radical (unpaired) electrons. The summed E-state index contributed by atoms with van der Waals surface area (Å²) in [5.74, 6) is 2.25. The molecule has 0 spiro atoms. The van der Waals surface area contributed by atoms with Crippen LogP contribution in [0.5, 0.6) is 5.75 Å². The summed E-state index contributed by atoms with van der Waals surface area (Å²) in [5, 5.41) is 9.83. The van der Waals surface area contributed by atoms with Gasteiger partial charge in [-0.1, -0.05) is 13.0 Å². The molecule has 0 saturated heterocycles. The molecule has 1 heterocycles. The van der Waals surface area contributed by atoms with E-state index >= 15 is 0 Å². The molecule has 138 valence electrons. The fourth-order valence-corrected chi connectivity index (χ4v) is 6.03. The van der Waals surface area contributed by atoms with Gasteiger partial charge in [0.2, 0.25) is 0 Å². The first-order chi connectivity index (χ1) is 13.1. The van der Waals surface area contributed by atoms with Gasteiger partial charge in [0.05, 0.1) is 0 Å². The Morgan fingerprint density at radius 3 is 2.81 bits per heavy atom. The van der Waals surface area contributed by atoms with Gasteiger partial charge < -0.3 is 5.11 Å². The quantitative estimate of drug-likeness (QED) is 0.736. The molecule has 27 heavy (non-hydrogen) atoms. The number of hydrogen-bond donors (Lipinski definition) is 1. The number of carbonyl (C=O) groups excluding carboxylic acids is 1. The van der Waals surface area contributed by atoms with Gasteiger partial charge in [-0.05, 0) is 102 Å². The Morgan fingerprint density at radius 2 is 2.00 bits per heavy atom. The Balaban J connectivity index is 1.50. The number of phenols is 1. The molecule has 5 rings (SSSR count). The average molecular weight is 359 g/mol. The van der Waals surface area contributed by atoms with Crippen molar-refractivity contribution in [1.82, 2.24) is 4.98 Å². The van der Waals surface area contributed by atoms with Crippen LogP contribution >= 0.6 is 0 Å². The summed E-state index contributed by atoms with van der Waals surface area (Å²) in [5.41, 5.74) is 4.55. The summed E-state index contributed by atoms with van der Waals surface area (Å²) >= 11 is 0. The van der Waals surface area contributed by atoms with Crippen LogP contribution in [0.15, 0.2) is 48.3 Å². The second kappa shape index (κ2) is 6.05. The predicted molar refractivity (Wildman–Crippen MR) is 105 cm³/mol. The van der Waals surface area contributed by atoms with Gasteiger partial charge in [0, 0.05) is 17.8 Å². The van der Waals surface area contributed by atoms with Gasteiger partial charge >= 0.3 is 0 Å². The van der Waals surface area contributed by atoms with Crippen LogP contribution in [0, 0.1) is 17.3 Å². The predicted octanol–water partition coefficient (Wildman–Crippen LogP) is 4.91. The highest BCUT2D eigenvalue weighted by atomic mass is 16.3. The lowest BCUT2D eigenvalue weighted by Crippen LogP contribution is -2.42. The fraction of sp³-hybridized carbons (Fsp3) is 0.417. The number of aryl methyl sites for hydroxylation is 1. The van der Waals surface area contributed by atoms with Gasteiger partial charge in [-0.2, -0.15) is 0 Å². The lowest BCUT2D eigenvalue weighted by atomic mass is 9.55. The first-order valence-corrected chi connectivity index (χ1v) is 10.0. The van der Waals surface area contributed by atoms with Crippen LogP contribution in [0.4, 0.5) is 0 Å². The molecular weight excluding hydrogens is 334 g/mol. The highest BCUT2D eigenvalue weighted by molar-refractivity contribution is 6.05. The summed E-state index contributed by atoms with van der Waals surface area (Å²) in [6.45, 7) is 2.20. The van der Waals surface area contributed by atoms with Gasteiger partial charge in [0.1, 0.15) is 5.75 Å². The molecular formula is C24H25NO2. The van der Waals surface area contributed by atoms with Crippen molar-refractivity contribution in [2.24, 2.45) is 17.3 Å². The molecule has 3 heteroatoms. The Morgan fingerprint density at radius 1 is 1.19 bits per heavy atom. The highest BCUT2D eigenvalue weighted by Crippen LogP contribution is 2.60. The Bertz CT molecular complexity index is 933. The molecule has 4 unspecified atom stereocenters. The van der Waals surface area contributed by atoms with Crippen molar-refractivity contribution in [3.63, 3.8) is 0 Å². The van der Waals surface area contributed by atoms with Crippen LogP contribution in [0.25, 0.3) is 6.08 Å². The standard InChI is InChI=1S/C24H25NO2/c1-24-9-6-20-19-5-3-18(26)13-16(19)2-4-21(20)22(24)14-17(23(24)27)12-15-7-10-25-11-8-15/h3,5,7-8,10-13,20-22,26H,2,4,6,9,14H2,1H3. The number of hydrogen-bond acceptors (Lipinski definition) is 3. The number of ketones is 1. The van der Waals surface area contributed by atoms with E-state index in [2.05, 4.69) is 24.1 Å². The zero-order valence-corrected chi connectivity index (χ0v) is 15.7. The molecule has 2 fully saturated rings. The van der Waals surface area contributed by atoms with E-state index in [-0.39, 0.29) is 5.41 Å². The third-order valence-electron chi connectivity index (χ3n) is 7.40. The lowest BCUT2D eigenvalue weighted by molar-refractivity contribution is -0.127. The van der Waals surface area contributed by atoms with Crippen molar-refractivity contribution in [1.29, 1.82) is 0 Å². The first kappa shape index (κ1) is 16.7. The number of allylic oxidation sites excluding steroid dienone is 1. The average Bonchev–Trinajstić information content (AvgIpc) is 2.93. The number of nitrogens with zero attached hydrogens (tertiary/aromatic N) is 1. The topological polar surface area (TPSA) is 50.2 Å². The minimum atomic E-state index is -0.214. The van der Waals surface area contributed by atoms with Crippen molar-refractivity contribution >= 4 is 11.9 Å². The molecule has 1 N–H and O–H groups in total. The SMILES string of the molecule is CC12CCC3c4ccc(O)cc4CCC3C1CC(=Cc1ccncc1)C2=O. The maximum Gasteiger partial charge on any atom is 0.165 e. The van der Waals surface area contributed by atoms with Gasteiger partial charge in [-0.3, -0.25) is 9.78 Å². The maximum atomic E-state index is 13.3. The molecule has 3 nitrogen and oxygen atoms in total. The third kappa shape index (κ3) is 2.55. The molecule has 2 saturated carbocycles. The van der Waals surface area contributed by atoms with Crippen LogP contribution in [0.2, 0.25) is 0 Å². The van der Waals surface area contributed by atoms with Crippen LogP contribution in [-0.4, -0.2) is 15.9 Å². The minimum absolute atomic E-state index is 0.214. The molecule has 0 aliphatic heterocycles. The van der Waals surface area contributed by atoms with E-state index in [0.29, 0.717) is 29.3 Å². The van der Waals surface area contributed by atoms with Gasteiger partial charge in [0.15, 0.2) is 5.78 Å². The van der Waals surface area contributed by atoms with Crippen LogP contribution in [0.1, 0.15) is 55.2 Å². The van der Waals surface area contributed by atoms with Crippen molar-refractivity contribution in [3.05, 3.63) is 65.0 Å². The molecule has 4 atom stereocenters. The lowest BCUT2D eigenvalue weighted by Gasteiger charge is -2.48. The maximum absolute atomic E-state index is 13.3. The van der Waals surface area contributed by atoms with Crippen molar-refractivity contribution in [2.45, 2.75) is 44.9 Å². The van der Waals surface area contributed by atoms with E-state index < -0.39 is 0 Å². The fourth-order valence-electron chi connectivity index (χ4n) is 6.03. The first-order valence-electron chi connectivity index (χ1n) is 10.0. The summed E-state index contributed by atoms with van der Waals surface area (Å²) in [7, 11) is 0. The number of fused-ring (bicyclic) bond motifs is 5. The van der Waals surface area contributed by atoms with Crippen molar-refractivity contribution in [3.8, 4) is 5.75 Å². The zero-order valence-electron chi connectivity index (χ0n) is 15.7. The van der Waals surface area contributed by atoms with E-state index in [0.717, 1.165) is 43.2 Å². The van der Waals surface area contributed by atoms with Crippen LogP contribution in [-0.2, 0) is 11.2 Å². The van der Waals surface area contributed by atoms with Gasteiger partial charge in [-0.25, -0.2) is 0 Å². The van der Waals surface area contributed by atoms with Crippen LogP contribution < -0.4 is 0 Å².